The van der Waals surface area contributed by atoms with Gasteiger partial charge in [0.05, 0.1) is 12.1 Å². The van der Waals surface area contributed by atoms with Crippen LogP contribution in [0, 0.1) is 0 Å². The second-order valence-corrected chi connectivity index (χ2v) is 7.29. The number of hydrogen-bond donors (Lipinski definition) is 2. The molecule has 1 aromatic carbocycles. The van der Waals surface area contributed by atoms with Gasteiger partial charge in [0, 0.05) is 12.7 Å². The van der Waals surface area contributed by atoms with E-state index in [-0.39, 0.29) is 0 Å². The molecule has 104 valence electrons. The van der Waals surface area contributed by atoms with E-state index >= 15 is 0 Å². The van der Waals surface area contributed by atoms with Crippen molar-refractivity contribution in [2.45, 2.75) is 30.7 Å². The Morgan fingerprint density at radius 2 is 2.05 bits per heavy atom. The van der Waals surface area contributed by atoms with Crippen LogP contribution < -0.4 is 5.32 Å². The molecule has 1 aromatic rings. The number of nitrogens with one attached hydrogen (secondary N) is 1. The van der Waals surface area contributed by atoms with Crippen LogP contribution in [0.25, 0.3) is 0 Å². The first-order valence-corrected chi connectivity index (χ1v) is 8.01. The first-order chi connectivity index (χ1) is 8.80. The predicted octanol–water partition coefficient (Wildman–Crippen LogP) is 0.194. The molecule has 0 aliphatic heterocycles. The lowest BCUT2D eigenvalue weighted by molar-refractivity contribution is -0.121. The number of hydrogen-bond acceptors (Lipinski definition) is 4. The lowest BCUT2D eigenvalue weighted by atomic mass is 10.1. The number of carbonyl (C=O) groups is 1. The van der Waals surface area contributed by atoms with Crippen molar-refractivity contribution in [1.82, 2.24) is 5.32 Å². The van der Waals surface area contributed by atoms with Crippen LogP contribution in [0.4, 0.5) is 0 Å². The van der Waals surface area contributed by atoms with Crippen molar-refractivity contribution in [3.8, 4) is 0 Å². The van der Waals surface area contributed by atoms with E-state index in [0.29, 0.717) is 6.42 Å². The fraction of sp³-hybridized carbons (Fsp3) is 0.462. The summed E-state index contributed by atoms with van der Waals surface area (Å²) in [4.78, 5) is 11.9. The number of rotatable bonds is 3. The van der Waals surface area contributed by atoms with E-state index in [1.807, 2.05) is 24.3 Å². The SMILES string of the molecule is CC(C(=O)NC1c2ccccc2CC1O)S(C)(=O)=O. The first kappa shape index (κ1) is 14.0. The van der Waals surface area contributed by atoms with Gasteiger partial charge in [0.2, 0.25) is 5.91 Å². The number of aliphatic hydroxyl groups excluding tert-OH is 1. The molecule has 0 heterocycles. The summed E-state index contributed by atoms with van der Waals surface area (Å²) >= 11 is 0. The van der Waals surface area contributed by atoms with Crippen molar-refractivity contribution in [3.63, 3.8) is 0 Å². The summed E-state index contributed by atoms with van der Waals surface area (Å²) in [5.41, 5.74) is 1.83. The smallest absolute Gasteiger partial charge is 0.238 e. The molecular weight excluding hydrogens is 266 g/mol. The van der Waals surface area contributed by atoms with E-state index in [2.05, 4.69) is 5.32 Å². The quantitative estimate of drug-likeness (QED) is 0.829. The summed E-state index contributed by atoms with van der Waals surface area (Å²) in [6.45, 7) is 1.35. The first-order valence-electron chi connectivity index (χ1n) is 6.06. The summed E-state index contributed by atoms with van der Waals surface area (Å²) in [7, 11) is -3.43. The highest BCUT2D eigenvalue weighted by Crippen LogP contribution is 2.31. The van der Waals surface area contributed by atoms with Gasteiger partial charge in [0.15, 0.2) is 9.84 Å². The minimum Gasteiger partial charge on any atom is -0.390 e. The Bertz CT molecular complexity index is 596. The van der Waals surface area contributed by atoms with Crippen molar-refractivity contribution >= 4 is 15.7 Å². The van der Waals surface area contributed by atoms with Gasteiger partial charge >= 0.3 is 0 Å². The molecule has 2 N–H and O–H groups in total. The Balaban J connectivity index is 2.18. The van der Waals surface area contributed by atoms with E-state index in [9.17, 15) is 18.3 Å². The molecule has 1 amide bonds. The number of amides is 1. The summed E-state index contributed by atoms with van der Waals surface area (Å²) in [6.07, 6.45) is 0.776. The zero-order valence-corrected chi connectivity index (χ0v) is 11.6. The van der Waals surface area contributed by atoms with Crippen LogP contribution in [-0.4, -0.2) is 37.0 Å². The van der Waals surface area contributed by atoms with Gasteiger partial charge in [0.25, 0.3) is 0 Å². The van der Waals surface area contributed by atoms with Gasteiger partial charge in [-0.05, 0) is 18.1 Å². The van der Waals surface area contributed by atoms with Crippen molar-refractivity contribution in [1.29, 1.82) is 0 Å². The molecule has 0 radical (unpaired) electrons. The molecular formula is C13H17NO4S. The molecule has 1 aliphatic carbocycles. The topological polar surface area (TPSA) is 83.5 Å². The zero-order valence-electron chi connectivity index (χ0n) is 10.8. The largest absolute Gasteiger partial charge is 0.390 e. The average molecular weight is 283 g/mol. The van der Waals surface area contributed by atoms with Gasteiger partial charge < -0.3 is 10.4 Å². The molecule has 0 saturated carbocycles. The molecule has 3 atom stereocenters. The fourth-order valence-corrected chi connectivity index (χ4v) is 2.67. The minimum atomic E-state index is -3.43. The molecule has 3 unspecified atom stereocenters. The van der Waals surface area contributed by atoms with E-state index in [1.165, 1.54) is 6.92 Å². The van der Waals surface area contributed by atoms with Crippen molar-refractivity contribution in [2.24, 2.45) is 0 Å². The Hall–Kier alpha value is -1.40. The Morgan fingerprint density at radius 3 is 2.68 bits per heavy atom. The van der Waals surface area contributed by atoms with Crippen molar-refractivity contribution in [2.75, 3.05) is 6.26 Å². The lowest BCUT2D eigenvalue weighted by Gasteiger charge is -2.20. The number of fused-ring (bicyclic) bond motifs is 1. The lowest BCUT2D eigenvalue weighted by Crippen LogP contribution is -2.42. The minimum absolute atomic E-state index is 0.467. The highest BCUT2D eigenvalue weighted by atomic mass is 32.2. The Labute approximate surface area is 112 Å². The number of carbonyl (C=O) groups excluding carboxylic acids is 1. The van der Waals surface area contributed by atoms with Crippen molar-refractivity contribution in [3.05, 3.63) is 35.4 Å². The zero-order chi connectivity index (χ0) is 14.2. The Kier molecular flexibility index (Phi) is 3.64. The third-order valence-electron chi connectivity index (χ3n) is 3.51. The van der Waals surface area contributed by atoms with Crippen LogP contribution in [0.3, 0.4) is 0 Å². The van der Waals surface area contributed by atoms with E-state index in [1.54, 1.807) is 0 Å². The van der Waals surface area contributed by atoms with E-state index < -0.39 is 33.1 Å². The fourth-order valence-electron chi connectivity index (χ4n) is 2.21. The highest BCUT2D eigenvalue weighted by molar-refractivity contribution is 7.92. The third-order valence-corrected chi connectivity index (χ3v) is 5.01. The van der Waals surface area contributed by atoms with E-state index in [4.69, 9.17) is 0 Å². The molecule has 6 heteroatoms. The summed E-state index contributed by atoms with van der Waals surface area (Å²) < 4.78 is 22.7. The molecule has 1 aliphatic rings. The van der Waals surface area contributed by atoms with Crippen LogP contribution in [0.15, 0.2) is 24.3 Å². The standard InChI is InChI=1S/C13H17NO4S/c1-8(19(2,17)18)13(16)14-12-10-6-4-3-5-9(10)7-11(12)15/h3-6,8,11-12,15H,7H2,1-2H3,(H,14,16). The molecule has 5 nitrogen and oxygen atoms in total. The maximum atomic E-state index is 11.9. The van der Waals surface area contributed by atoms with Crippen LogP contribution in [-0.2, 0) is 21.1 Å². The van der Waals surface area contributed by atoms with Crippen molar-refractivity contribution < 1.29 is 18.3 Å². The van der Waals surface area contributed by atoms with Crippen LogP contribution in [0.2, 0.25) is 0 Å². The second kappa shape index (κ2) is 4.94. The maximum Gasteiger partial charge on any atom is 0.238 e. The molecule has 19 heavy (non-hydrogen) atoms. The van der Waals surface area contributed by atoms with Crippen LogP contribution in [0.5, 0.6) is 0 Å². The number of benzene rings is 1. The van der Waals surface area contributed by atoms with Gasteiger partial charge in [-0.2, -0.15) is 0 Å². The summed E-state index contributed by atoms with van der Waals surface area (Å²) in [5, 5.41) is 11.5. The van der Waals surface area contributed by atoms with Crippen LogP contribution in [0.1, 0.15) is 24.1 Å². The summed E-state index contributed by atoms with van der Waals surface area (Å²) in [6, 6.07) is 6.89. The maximum absolute atomic E-state index is 11.9. The second-order valence-electron chi connectivity index (χ2n) is 4.93. The normalized spacial score (nSPS) is 23.7. The number of sulfone groups is 1. The molecule has 2 rings (SSSR count). The molecule has 0 bridgehead atoms. The van der Waals surface area contributed by atoms with Gasteiger partial charge in [-0.25, -0.2) is 8.42 Å². The molecule has 0 spiro atoms. The highest BCUT2D eigenvalue weighted by Gasteiger charge is 2.34. The Morgan fingerprint density at radius 1 is 1.42 bits per heavy atom. The third kappa shape index (κ3) is 2.79. The van der Waals surface area contributed by atoms with Gasteiger partial charge in [-0.15, -0.1) is 0 Å². The van der Waals surface area contributed by atoms with Crippen LogP contribution >= 0.6 is 0 Å². The number of aliphatic hydroxyl groups is 1. The molecule has 0 fully saturated rings. The molecule has 0 saturated heterocycles. The monoisotopic (exact) mass is 283 g/mol. The van der Waals surface area contributed by atoms with Gasteiger partial charge in [-0.1, -0.05) is 24.3 Å². The van der Waals surface area contributed by atoms with Gasteiger partial charge in [-0.3, -0.25) is 4.79 Å². The van der Waals surface area contributed by atoms with E-state index in [0.717, 1.165) is 17.4 Å². The van der Waals surface area contributed by atoms with Gasteiger partial charge in [0.1, 0.15) is 5.25 Å². The molecule has 0 aromatic heterocycles. The summed E-state index contributed by atoms with van der Waals surface area (Å²) in [5.74, 6) is -0.580. The average Bonchev–Trinajstić information content (AvgIpc) is 2.64. The predicted molar refractivity (Wildman–Crippen MR) is 71.3 cm³/mol.